The van der Waals surface area contributed by atoms with Gasteiger partial charge in [-0.15, -0.1) is 13.2 Å². The Labute approximate surface area is 129 Å². The first-order valence-corrected chi connectivity index (χ1v) is 7.63. The van der Waals surface area contributed by atoms with Crippen LogP contribution in [0.3, 0.4) is 0 Å². The van der Waals surface area contributed by atoms with Crippen LogP contribution in [-0.4, -0.2) is 37.9 Å². The molecule has 0 aromatic heterocycles. The molecule has 0 saturated carbocycles. The van der Waals surface area contributed by atoms with Crippen molar-refractivity contribution in [2.75, 3.05) is 26.7 Å². The van der Waals surface area contributed by atoms with Crippen LogP contribution in [0.2, 0.25) is 0 Å². The van der Waals surface area contributed by atoms with Gasteiger partial charge in [0, 0.05) is 12.6 Å². The molecular formula is C16H23F3N2O. The number of rotatable bonds is 5. The fourth-order valence-electron chi connectivity index (χ4n) is 3.06. The maximum Gasteiger partial charge on any atom is 0.573 e. The number of piperidine rings is 1. The molecule has 1 heterocycles. The van der Waals surface area contributed by atoms with Crippen LogP contribution in [0.5, 0.6) is 5.75 Å². The van der Waals surface area contributed by atoms with Crippen molar-refractivity contribution < 1.29 is 17.9 Å². The maximum atomic E-state index is 12.2. The molecule has 3 nitrogen and oxygen atoms in total. The zero-order valence-corrected chi connectivity index (χ0v) is 13.0. The second kappa shape index (κ2) is 7.33. The third kappa shape index (κ3) is 4.88. The van der Waals surface area contributed by atoms with Gasteiger partial charge in [0.25, 0.3) is 0 Å². The number of alkyl halides is 3. The Kier molecular flexibility index (Phi) is 5.69. The first-order valence-electron chi connectivity index (χ1n) is 7.63. The van der Waals surface area contributed by atoms with Crippen molar-refractivity contribution >= 4 is 0 Å². The monoisotopic (exact) mass is 316 g/mol. The standard InChI is InChI=1S/C16H23F3N2O/c1-12(21-9-3-4-13(11-21)10-20-2)14-5-7-15(8-6-14)22-16(17,18)19/h5-8,12-13,20H,3-4,9-11H2,1-2H3. The number of benzene rings is 1. The van der Waals surface area contributed by atoms with Crippen LogP contribution >= 0.6 is 0 Å². The van der Waals surface area contributed by atoms with E-state index in [0.29, 0.717) is 5.92 Å². The Morgan fingerprint density at radius 2 is 2.00 bits per heavy atom. The highest BCUT2D eigenvalue weighted by atomic mass is 19.4. The van der Waals surface area contributed by atoms with Gasteiger partial charge in [-0.3, -0.25) is 4.90 Å². The van der Waals surface area contributed by atoms with E-state index in [1.807, 2.05) is 7.05 Å². The summed E-state index contributed by atoms with van der Waals surface area (Å²) in [6.07, 6.45) is -2.26. The normalized spacial score (nSPS) is 21.6. The lowest BCUT2D eigenvalue weighted by Gasteiger charge is -2.37. The number of nitrogens with one attached hydrogen (secondary N) is 1. The molecule has 1 aliphatic heterocycles. The molecule has 22 heavy (non-hydrogen) atoms. The molecule has 124 valence electrons. The van der Waals surface area contributed by atoms with E-state index >= 15 is 0 Å². The van der Waals surface area contributed by atoms with E-state index in [1.54, 1.807) is 12.1 Å². The first kappa shape index (κ1) is 17.1. The Balaban J connectivity index is 1.98. The van der Waals surface area contributed by atoms with Crippen LogP contribution in [0, 0.1) is 5.92 Å². The van der Waals surface area contributed by atoms with Gasteiger partial charge in [0.2, 0.25) is 0 Å². The Hall–Kier alpha value is -1.27. The molecule has 1 N–H and O–H groups in total. The highest BCUT2D eigenvalue weighted by Crippen LogP contribution is 2.29. The van der Waals surface area contributed by atoms with Crippen molar-refractivity contribution in [3.05, 3.63) is 29.8 Å². The lowest BCUT2D eigenvalue weighted by Crippen LogP contribution is -2.40. The van der Waals surface area contributed by atoms with Gasteiger partial charge in [0.15, 0.2) is 0 Å². The van der Waals surface area contributed by atoms with E-state index in [1.165, 1.54) is 18.6 Å². The zero-order chi connectivity index (χ0) is 16.2. The molecular weight excluding hydrogens is 293 g/mol. The minimum Gasteiger partial charge on any atom is -0.406 e. The van der Waals surface area contributed by atoms with Crippen LogP contribution in [0.4, 0.5) is 13.2 Å². The van der Waals surface area contributed by atoms with Gasteiger partial charge in [0.05, 0.1) is 0 Å². The van der Waals surface area contributed by atoms with Gasteiger partial charge < -0.3 is 10.1 Å². The largest absolute Gasteiger partial charge is 0.573 e. The fraction of sp³-hybridized carbons (Fsp3) is 0.625. The van der Waals surface area contributed by atoms with Crippen LogP contribution < -0.4 is 10.1 Å². The summed E-state index contributed by atoms with van der Waals surface area (Å²) in [4.78, 5) is 2.39. The molecule has 1 fully saturated rings. The summed E-state index contributed by atoms with van der Waals surface area (Å²) < 4.78 is 40.4. The summed E-state index contributed by atoms with van der Waals surface area (Å²) >= 11 is 0. The van der Waals surface area contributed by atoms with Crippen LogP contribution in [0.25, 0.3) is 0 Å². The summed E-state index contributed by atoms with van der Waals surface area (Å²) in [5.41, 5.74) is 1.01. The van der Waals surface area contributed by atoms with Crippen LogP contribution in [0.1, 0.15) is 31.4 Å². The van der Waals surface area contributed by atoms with E-state index in [0.717, 1.165) is 31.6 Å². The van der Waals surface area contributed by atoms with Crippen molar-refractivity contribution in [1.29, 1.82) is 0 Å². The lowest BCUT2D eigenvalue weighted by atomic mass is 9.95. The Bertz CT molecular complexity index is 459. The summed E-state index contributed by atoms with van der Waals surface area (Å²) in [5, 5.41) is 3.22. The molecule has 1 aliphatic rings. The molecule has 6 heteroatoms. The SMILES string of the molecule is CNCC1CCCN(C(C)c2ccc(OC(F)(F)F)cc2)C1. The highest BCUT2D eigenvalue weighted by molar-refractivity contribution is 5.29. The number of hydrogen-bond donors (Lipinski definition) is 1. The quantitative estimate of drug-likeness (QED) is 0.898. The van der Waals surface area contributed by atoms with E-state index in [9.17, 15) is 13.2 Å². The highest BCUT2D eigenvalue weighted by Gasteiger charge is 2.31. The van der Waals surface area contributed by atoms with Gasteiger partial charge >= 0.3 is 6.36 Å². The first-order chi connectivity index (χ1) is 10.4. The van der Waals surface area contributed by atoms with E-state index in [4.69, 9.17) is 0 Å². The summed E-state index contributed by atoms with van der Waals surface area (Å²) in [5.74, 6) is 0.462. The fourth-order valence-corrected chi connectivity index (χ4v) is 3.06. The lowest BCUT2D eigenvalue weighted by molar-refractivity contribution is -0.274. The van der Waals surface area contributed by atoms with E-state index < -0.39 is 6.36 Å². The third-order valence-electron chi connectivity index (χ3n) is 4.19. The van der Waals surface area contributed by atoms with Crippen molar-refractivity contribution in [2.45, 2.75) is 32.2 Å². The Morgan fingerprint density at radius 3 is 2.59 bits per heavy atom. The molecule has 0 aliphatic carbocycles. The summed E-state index contributed by atoms with van der Waals surface area (Å²) in [6.45, 7) is 5.15. The molecule has 2 atom stereocenters. The average molecular weight is 316 g/mol. The average Bonchev–Trinajstić information content (AvgIpc) is 2.46. The number of likely N-dealkylation sites (tertiary alicyclic amines) is 1. The molecule has 1 aromatic rings. The van der Waals surface area contributed by atoms with E-state index in [2.05, 4.69) is 21.9 Å². The second-order valence-electron chi connectivity index (χ2n) is 5.85. The van der Waals surface area contributed by atoms with Crippen molar-refractivity contribution in [2.24, 2.45) is 5.92 Å². The van der Waals surface area contributed by atoms with Gasteiger partial charge in [-0.05, 0) is 63.5 Å². The molecule has 1 saturated heterocycles. The number of hydrogen-bond acceptors (Lipinski definition) is 3. The molecule has 0 radical (unpaired) electrons. The van der Waals surface area contributed by atoms with Gasteiger partial charge in [-0.1, -0.05) is 12.1 Å². The molecule has 1 aromatic carbocycles. The van der Waals surface area contributed by atoms with Crippen molar-refractivity contribution in [3.8, 4) is 5.75 Å². The zero-order valence-electron chi connectivity index (χ0n) is 13.0. The summed E-state index contributed by atoms with van der Waals surface area (Å²) in [6, 6.07) is 6.39. The van der Waals surface area contributed by atoms with Gasteiger partial charge in [-0.2, -0.15) is 0 Å². The number of ether oxygens (including phenoxy) is 1. The molecule has 0 amide bonds. The van der Waals surface area contributed by atoms with Crippen molar-refractivity contribution in [3.63, 3.8) is 0 Å². The third-order valence-corrected chi connectivity index (χ3v) is 4.19. The number of halogens is 3. The minimum absolute atomic E-state index is 0.171. The molecule has 2 unspecified atom stereocenters. The van der Waals surface area contributed by atoms with Gasteiger partial charge in [0.1, 0.15) is 5.75 Å². The topological polar surface area (TPSA) is 24.5 Å². The predicted octanol–water partition coefficient (Wildman–Crippen LogP) is 3.58. The minimum atomic E-state index is -4.64. The summed E-state index contributed by atoms with van der Waals surface area (Å²) in [7, 11) is 1.96. The van der Waals surface area contributed by atoms with Gasteiger partial charge in [-0.25, -0.2) is 0 Å². The molecule has 2 rings (SSSR count). The van der Waals surface area contributed by atoms with E-state index in [-0.39, 0.29) is 11.8 Å². The maximum absolute atomic E-state index is 12.2. The predicted molar refractivity (Wildman–Crippen MR) is 79.8 cm³/mol. The molecule has 0 spiro atoms. The van der Waals surface area contributed by atoms with Crippen LogP contribution in [0.15, 0.2) is 24.3 Å². The van der Waals surface area contributed by atoms with Crippen LogP contribution in [-0.2, 0) is 0 Å². The second-order valence-corrected chi connectivity index (χ2v) is 5.85. The molecule has 0 bridgehead atoms. The smallest absolute Gasteiger partial charge is 0.406 e. The Morgan fingerprint density at radius 1 is 1.32 bits per heavy atom. The van der Waals surface area contributed by atoms with Crippen molar-refractivity contribution in [1.82, 2.24) is 10.2 Å². The number of nitrogens with zero attached hydrogens (tertiary/aromatic N) is 1.